The van der Waals surface area contributed by atoms with Crippen LogP contribution < -0.4 is 0 Å². The van der Waals surface area contributed by atoms with E-state index in [0.717, 1.165) is 11.1 Å². The van der Waals surface area contributed by atoms with E-state index in [1.54, 1.807) is 0 Å². The summed E-state index contributed by atoms with van der Waals surface area (Å²) >= 11 is 8.84. The largest absolute Gasteiger partial charge is 0.431 e. The molecular formula is C7H4BrClN2O. The van der Waals surface area contributed by atoms with Crippen molar-refractivity contribution in [1.82, 2.24) is 9.97 Å². The first-order chi connectivity index (χ1) is 5.66. The average molecular weight is 247 g/mol. The van der Waals surface area contributed by atoms with Crippen LogP contribution in [-0.2, 0) is 0 Å². The number of fused-ring (bicyclic) bond motifs is 1. The minimum absolute atomic E-state index is 0.210. The van der Waals surface area contributed by atoms with Gasteiger partial charge in [0.25, 0.3) is 0 Å². The van der Waals surface area contributed by atoms with Crippen molar-refractivity contribution in [3.63, 3.8) is 0 Å². The molecule has 0 spiro atoms. The molecule has 0 unspecified atom stereocenters. The lowest BCUT2D eigenvalue weighted by Crippen LogP contribution is -1.85. The molecule has 0 N–H and O–H groups in total. The van der Waals surface area contributed by atoms with Crippen LogP contribution in [0.25, 0.3) is 11.1 Å². The summed E-state index contributed by atoms with van der Waals surface area (Å²) in [5, 5.41) is 1.09. The second-order valence-electron chi connectivity index (χ2n) is 2.35. The maximum atomic E-state index is 5.64. The van der Waals surface area contributed by atoms with Gasteiger partial charge in [-0.05, 0) is 34.5 Å². The molecular weight excluding hydrogens is 243 g/mol. The molecule has 0 aliphatic carbocycles. The first-order valence-corrected chi connectivity index (χ1v) is 4.43. The Bertz CT molecular complexity index is 440. The number of halogens is 2. The zero-order chi connectivity index (χ0) is 8.72. The smallest absolute Gasteiger partial charge is 0.232 e. The predicted octanol–water partition coefficient (Wildman–Crippen LogP) is 2.95. The van der Waals surface area contributed by atoms with Gasteiger partial charge in [0.15, 0.2) is 4.67 Å². The summed E-state index contributed by atoms with van der Waals surface area (Å²) in [4.78, 5) is 7.90. The number of aryl methyl sites for hydroxylation is 1. The molecule has 12 heavy (non-hydrogen) atoms. The van der Waals surface area contributed by atoms with Crippen molar-refractivity contribution in [2.75, 3.05) is 0 Å². The van der Waals surface area contributed by atoms with Gasteiger partial charge >= 0.3 is 0 Å². The van der Waals surface area contributed by atoms with Crippen LogP contribution in [0.4, 0.5) is 0 Å². The lowest BCUT2D eigenvalue weighted by molar-refractivity contribution is 0.575. The van der Waals surface area contributed by atoms with Crippen LogP contribution in [-0.4, -0.2) is 9.97 Å². The van der Waals surface area contributed by atoms with Crippen molar-refractivity contribution in [3.05, 3.63) is 21.7 Å². The van der Waals surface area contributed by atoms with E-state index in [-0.39, 0.29) is 5.28 Å². The highest BCUT2D eigenvalue weighted by molar-refractivity contribution is 9.10. The zero-order valence-electron chi connectivity index (χ0n) is 6.14. The highest BCUT2D eigenvalue weighted by atomic mass is 79.9. The second-order valence-corrected chi connectivity index (χ2v) is 3.47. The van der Waals surface area contributed by atoms with Crippen LogP contribution in [0, 0.1) is 6.92 Å². The molecule has 0 saturated carbocycles. The number of aromatic nitrogens is 2. The molecule has 2 heterocycles. The summed E-state index contributed by atoms with van der Waals surface area (Å²) in [6.45, 7) is 1.86. The maximum Gasteiger partial charge on any atom is 0.232 e. The summed E-state index contributed by atoms with van der Waals surface area (Å²) in [5.74, 6) is 0. The van der Waals surface area contributed by atoms with E-state index < -0.39 is 0 Å². The first-order valence-electron chi connectivity index (χ1n) is 3.26. The van der Waals surface area contributed by atoms with Crippen molar-refractivity contribution in [2.45, 2.75) is 6.92 Å². The molecule has 0 amide bonds. The summed E-state index contributed by atoms with van der Waals surface area (Å²) in [7, 11) is 0. The van der Waals surface area contributed by atoms with Crippen molar-refractivity contribution in [2.24, 2.45) is 0 Å². The molecule has 0 radical (unpaired) electrons. The lowest BCUT2D eigenvalue weighted by atomic mass is 10.3. The molecule has 2 aromatic rings. The van der Waals surface area contributed by atoms with Crippen LogP contribution in [0.3, 0.4) is 0 Å². The molecule has 0 aliphatic heterocycles. The molecule has 0 aromatic carbocycles. The van der Waals surface area contributed by atoms with E-state index in [9.17, 15) is 0 Å². The Morgan fingerprint density at radius 3 is 3.00 bits per heavy atom. The van der Waals surface area contributed by atoms with Gasteiger partial charge in [-0.3, -0.25) is 0 Å². The molecule has 62 valence electrons. The van der Waals surface area contributed by atoms with Gasteiger partial charge in [-0.25, -0.2) is 4.98 Å². The SMILES string of the molecule is Cc1nc(Cl)nc2oc(Br)cc12. The van der Waals surface area contributed by atoms with E-state index in [1.165, 1.54) is 0 Å². The number of furan rings is 1. The normalized spacial score (nSPS) is 10.9. The van der Waals surface area contributed by atoms with Crippen molar-refractivity contribution in [3.8, 4) is 0 Å². The highest BCUT2D eigenvalue weighted by Gasteiger charge is 2.07. The molecule has 0 bridgehead atoms. The Balaban J connectivity index is 2.88. The highest BCUT2D eigenvalue weighted by Crippen LogP contribution is 2.24. The monoisotopic (exact) mass is 246 g/mol. The van der Waals surface area contributed by atoms with Crippen molar-refractivity contribution in [1.29, 1.82) is 0 Å². The van der Waals surface area contributed by atoms with E-state index in [1.807, 2.05) is 13.0 Å². The van der Waals surface area contributed by atoms with Crippen molar-refractivity contribution < 1.29 is 4.42 Å². The third-order valence-electron chi connectivity index (χ3n) is 1.53. The molecule has 0 atom stereocenters. The Kier molecular flexibility index (Phi) is 1.81. The first kappa shape index (κ1) is 8.01. The Hall–Kier alpha value is -0.610. The van der Waals surface area contributed by atoms with E-state index in [4.69, 9.17) is 16.0 Å². The van der Waals surface area contributed by atoms with Crippen molar-refractivity contribution >= 4 is 38.6 Å². The van der Waals surface area contributed by atoms with Crippen LogP contribution >= 0.6 is 27.5 Å². The Morgan fingerprint density at radius 2 is 2.25 bits per heavy atom. The molecule has 2 aromatic heterocycles. The summed E-state index contributed by atoms with van der Waals surface area (Å²) in [5.41, 5.74) is 1.33. The fourth-order valence-corrected chi connectivity index (χ4v) is 1.59. The van der Waals surface area contributed by atoms with Crippen LogP contribution in [0.1, 0.15) is 5.69 Å². The minimum Gasteiger partial charge on any atom is -0.431 e. The average Bonchev–Trinajstić information content (AvgIpc) is 2.29. The van der Waals surface area contributed by atoms with Gasteiger partial charge in [-0.15, -0.1) is 0 Å². The van der Waals surface area contributed by atoms with Gasteiger partial charge in [0.1, 0.15) is 0 Å². The van der Waals surface area contributed by atoms with Crippen LogP contribution in [0.5, 0.6) is 0 Å². The molecule has 0 fully saturated rings. The topological polar surface area (TPSA) is 38.9 Å². The number of nitrogens with zero attached hydrogens (tertiary/aromatic N) is 2. The molecule has 5 heteroatoms. The number of hydrogen-bond donors (Lipinski definition) is 0. The van der Waals surface area contributed by atoms with Gasteiger partial charge < -0.3 is 4.42 Å². The van der Waals surface area contributed by atoms with Gasteiger partial charge in [-0.2, -0.15) is 4.98 Å². The van der Waals surface area contributed by atoms with E-state index in [0.29, 0.717) is 10.4 Å². The summed E-state index contributed by atoms with van der Waals surface area (Å²) < 4.78 is 5.85. The fraction of sp³-hybridized carbons (Fsp3) is 0.143. The number of hydrogen-bond acceptors (Lipinski definition) is 3. The second kappa shape index (κ2) is 2.71. The zero-order valence-corrected chi connectivity index (χ0v) is 8.48. The molecule has 0 saturated heterocycles. The van der Waals surface area contributed by atoms with E-state index >= 15 is 0 Å². The van der Waals surface area contributed by atoms with Gasteiger partial charge in [0.05, 0.1) is 11.1 Å². The predicted molar refractivity (Wildman–Crippen MR) is 49.3 cm³/mol. The molecule has 2 rings (SSSR count). The van der Waals surface area contributed by atoms with Gasteiger partial charge in [0.2, 0.25) is 11.0 Å². The van der Waals surface area contributed by atoms with Crippen LogP contribution in [0.15, 0.2) is 15.2 Å². The third-order valence-corrected chi connectivity index (χ3v) is 2.09. The van der Waals surface area contributed by atoms with Crippen LogP contribution in [0.2, 0.25) is 5.28 Å². The molecule has 0 aliphatic rings. The standard InChI is InChI=1S/C7H4BrClN2O/c1-3-4-2-5(8)12-6(4)11-7(9)10-3/h2H,1H3. The third kappa shape index (κ3) is 1.21. The fourth-order valence-electron chi connectivity index (χ4n) is 1.00. The summed E-state index contributed by atoms with van der Waals surface area (Å²) in [6.07, 6.45) is 0. The minimum atomic E-state index is 0.210. The van der Waals surface area contributed by atoms with E-state index in [2.05, 4.69) is 25.9 Å². The molecule has 3 nitrogen and oxygen atoms in total. The Morgan fingerprint density at radius 1 is 1.50 bits per heavy atom. The van der Waals surface area contributed by atoms with Gasteiger partial charge in [-0.1, -0.05) is 0 Å². The quantitative estimate of drug-likeness (QED) is 0.672. The summed E-state index contributed by atoms with van der Waals surface area (Å²) in [6, 6.07) is 1.82. The number of rotatable bonds is 0. The maximum absolute atomic E-state index is 5.64. The lowest BCUT2D eigenvalue weighted by Gasteiger charge is -1.92. The Labute approximate surface area is 81.9 Å². The van der Waals surface area contributed by atoms with Gasteiger partial charge in [0, 0.05) is 6.07 Å².